The first kappa shape index (κ1) is 40.6. The smallest absolute Gasteiger partial charge is 0.0889 e. The Morgan fingerprint density at radius 2 is 0.780 bits per heavy atom. The number of hydrogen-bond acceptors (Lipinski definition) is 5. The molecule has 0 atom stereocenters. The summed E-state index contributed by atoms with van der Waals surface area (Å²) in [4.78, 5) is 21.2. The molecule has 4 aromatic heterocycles. The van der Waals surface area contributed by atoms with Gasteiger partial charge in [0.05, 0.1) is 27.6 Å². The van der Waals surface area contributed by atoms with Gasteiger partial charge in [-0.3, -0.25) is 24.9 Å². The predicted molar refractivity (Wildman–Crippen MR) is 218 cm³/mol. The van der Waals surface area contributed by atoms with E-state index in [-0.39, 0.29) is 0 Å². The first-order valence-corrected chi connectivity index (χ1v) is 17.6. The van der Waals surface area contributed by atoms with Crippen LogP contribution < -0.4 is 0 Å². The SMILES string of the molecule is CC.CC.CC.Cc1ccc2ccccc2n1.Cc1ccc2cccnc2c1.Cc1ccc2ncccc2c1.Cc1ccc2nccnc2c1. The van der Waals surface area contributed by atoms with Crippen LogP contribution in [0.25, 0.3) is 43.7 Å². The molecule has 0 aliphatic carbocycles. The maximum absolute atomic E-state index is 4.38. The molecule has 5 nitrogen and oxygen atoms in total. The topological polar surface area (TPSA) is 64.5 Å². The maximum atomic E-state index is 4.38. The summed E-state index contributed by atoms with van der Waals surface area (Å²) in [6, 6.07) is 38.9. The summed E-state index contributed by atoms with van der Waals surface area (Å²) < 4.78 is 0. The lowest BCUT2D eigenvalue weighted by molar-refractivity contribution is 1.26. The Morgan fingerprint density at radius 1 is 0.320 bits per heavy atom. The Morgan fingerprint density at radius 3 is 1.48 bits per heavy atom. The first-order chi connectivity index (χ1) is 24.4. The molecule has 0 bridgehead atoms. The van der Waals surface area contributed by atoms with Gasteiger partial charge in [-0.15, -0.1) is 0 Å². The average Bonchev–Trinajstić information content (AvgIpc) is 3.18. The third kappa shape index (κ3) is 13.2. The Bertz CT molecular complexity index is 1830. The number of aryl methyl sites for hydroxylation is 4. The minimum Gasteiger partial charge on any atom is -0.256 e. The number of pyridine rings is 3. The molecule has 4 aromatic carbocycles. The number of rotatable bonds is 0. The zero-order chi connectivity index (χ0) is 36.7. The first-order valence-electron chi connectivity index (χ1n) is 17.6. The Hall–Kier alpha value is -5.55. The molecule has 0 saturated heterocycles. The molecule has 4 heterocycles. The molecule has 0 radical (unpaired) electrons. The van der Waals surface area contributed by atoms with Crippen LogP contribution in [-0.2, 0) is 0 Å². The normalized spacial score (nSPS) is 9.40. The van der Waals surface area contributed by atoms with E-state index in [1.165, 1.54) is 32.8 Å². The van der Waals surface area contributed by atoms with E-state index in [2.05, 4.69) is 93.4 Å². The second-order valence-corrected chi connectivity index (χ2v) is 10.6. The van der Waals surface area contributed by atoms with Crippen LogP contribution in [0, 0.1) is 27.7 Å². The molecule has 0 saturated carbocycles. The quantitative estimate of drug-likeness (QED) is 0.162. The molecular formula is C45H53N5. The van der Waals surface area contributed by atoms with Crippen molar-refractivity contribution in [2.24, 2.45) is 0 Å². The zero-order valence-electron chi connectivity index (χ0n) is 31.5. The number of aromatic nitrogens is 5. The van der Waals surface area contributed by atoms with Crippen LogP contribution >= 0.6 is 0 Å². The van der Waals surface area contributed by atoms with E-state index in [0.717, 1.165) is 33.3 Å². The number of nitrogens with zero attached hydrogens (tertiary/aromatic N) is 5. The van der Waals surface area contributed by atoms with Crippen molar-refractivity contribution in [1.82, 2.24) is 24.9 Å². The summed E-state index contributed by atoms with van der Waals surface area (Å²) in [5.41, 5.74) is 9.98. The van der Waals surface area contributed by atoms with Gasteiger partial charge in [-0.05, 0) is 93.4 Å². The van der Waals surface area contributed by atoms with Crippen LogP contribution in [0.4, 0.5) is 0 Å². The monoisotopic (exact) mass is 663 g/mol. The molecule has 0 spiro atoms. The minimum absolute atomic E-state index is 0.957. The average molecular weight is 664 g/mol. The van der Waals surface area contributed by atoms with E-state index in [0.29, 0.717) is 0 Å². The van der Waals surface area contributed by atoms with E-state index in [4.69, 9.17) is 0 Å². The van der Waals surface area contributed by atoms with Crippen LogP contribution in [0.2, 0.25) is 0 Å². The molecular weight excluding hydrogens is 611 g/mol. The van der Waals surface area contributed by atoms with Gasteiger partial charge in [0.1, 0.15) is 0 Å². The summed E-state index contributed by atoms with van der Waals surface area (Å²) in [5, 5.41) is 3.63. The summed E-state index contributed by atoms with van der Waals surface area (Å²) in [6.07, 6.45) is 7.05. The van der Waals surface area contributed by atoms with Gasteiger partial charge >= 0.3 is 0 Å². The number of benzene rings is 4. The second kappa shape index (κ2) is 22.9. The van der Waals surface area contributed by atoms with E-state index in [1.54, 1.807) is 12.4 Å². The van der Waals surface area contributed by atoms with Gasteiger partial charge < -0.3 is 0 Å². The molecule has 8 aromatic rings. The van der Waals surface area contributed by atoms with E-state index in [9.17, 15) is 0 Å². The Labute approximate surface area is 299 Å². The van der Waals surface area contributed by atoms with Gasteiger partial charge in [-0.2, -0.15) is 0 Å². The van der Waals surface area contributed by atoms with Crippen molar-refractivity contribution in [3.63, 3.8) is 0 Å². The molecule has 0 aliphatic rings. The number of hydrogen-bond donors (Lipinski definition) is 0. The van der Waals surface area contributed by atoms with Gasteiger partial charge in [0.2, 0.25) is 0 Å². The van der Waals surface area contributed by atoms with E-state index >= 15 is 0 Å². The van der Waals surface area contributed by atoms with Crippen LogP contribution in [0.5, 0.6) is 0 Å². The van der Waals surface area contributed by atoms with Gasteiger partial charge in [0.15, 0.2) is 0 Å². The summed E-state index contributed by atoms with van der Waals surface area (Å²) >= 11 is 0. The highest BCUT2D eigenvalue weighted by Crippen LogP contribution is 2.13. The fourth-order valence-electron chi connectivity index (χ4n) is 4.61. The summed E-state index contributed by atoms with van der Waals surface area (Å²) in [7, 11) is 0. The maximum Gasteiger partial charge on any atom is 0.0889 e. The van der Waals surface area contributed by atoms with Crippen LogP contribution in [0.15, 0.2) is 140 Å². The fraction of sp³-hybridized carbons (Fsp3) is 0.222. The molecule has 0 N–H and O–H groups in total. The predicted octanol–water partition coefficient (Wildman–Crippen LogP) is 12.6. The molecule has 5 heteroatoms. The van der Waals surface area contributed by atoms with E-state index < -0.39 is 0 Å². The molecule has 0 fully saturated rings. The van der Waals surface area contributed by atoms with Gasteiger partial charge in [-0.1, -0.05) is 108 Å². The molecule has 258 valence electrons. The third-order valence-electron chi connectivity index (χ3n) is 6.88. The van der Waals surface area contributed by atoms with Crippen LogP contribution in [-0.4, -0.2) is 24.9 Å². The fourth-order valence-corrected chi connectivity index (χ4v) is 4.61. The van der Waals surface area contributed by atoms with Crippen molar-refractivity contribution in [2.75, 3.05) is 0 Å². The standard InChI is InChI=1S/3C10H9N.C9H8N2.3C2H6/c1-8-4-5-10-9(7-8)3-2-6-11-10;1-8-4-5-9-3-2-6-11-10(9)7-8;1-8-6-7-9-4-2-3-5-10(9)11-8;1-7-2-3-8-9(6-7)11-5-4-10-8;3*1-2/h3*2-7H,1H3;2-6H,1H3;3*1-2H3. The summed E-state index contributed by atoms with van der Waals surface area (Å²) in [5.74, 6) is 0. The number of fused-ring (bicyclic) bond motifs is 4. The van der Waals surface area contributed by atoms with Crippen molar-refractivity contribution in [3.05, 3.63) is 162 Å². The lowest BCUT2D eigenvalue weighted by Gasteiger charge is -1.95. The number of para-hydroxylation sites is 1. The van der Waals surface area contributed by atoms with Crippen molar-refractivity contribution < 1.29 is 0 Å². The largest absolute Gasteiger partial charge is 0.256 e. The van der Waals surface area contributed by atoms with Crippen molar-refractivity contribution in [2.45, 2.75) is 69.2 Å². The molecule has 50 heavy (non-hydrogen) atoms. The zero-order valence-corrected chi connectivity index (χ0v) is 31.5. The highest BCUT2D eigenvalue weighted by molar-refractivity contribution is 5.80. The highest BCUT2D eigenvalue weighted by Gasteiger charge is 1.94. The van der Waals surface area contributed by atoms with E-state index in [1.807, 2.05) is 128 Å². The lowest BCUT2D eigenvalue weighted by atomic mass is 10.1. The van der Waals surface area contributed by atoms with Crippen molar-refractivity contribution in [1.29, 1.82) is 0 Å². The van der Waals surface area contributed by atoms with Gasteiger partial charge in [-0.25, -0.2) is 0 Å². The molecule has 8 rings (SSSR count). The Kier molecular flexibility index (Phi) is 18.6. The highest BCUT2D eigenvalue weighted by atomic mass is 14.8. The second-order valence-electron chi connectivity index (χ2n) is 10.6. The molecule has 0 amide bonds. The third-order valence-corrected chi connectivity index (χ3v) is 6.88. The van der Waals surface area contributed by atoms with Crippen molar-refractivity contribution in [3.8, 4) is 0 Å². The van der Waals surface area contributed by atoms with Gasteiger partial charge in [0.25, 0.3) is 0 Å². The Balaban J connectivity index is 0.000000220. The molecule has 0 unspecified atom stereocenters. The van der Waals surface area contributed by atoms with Crippen LogP contribution in [0.1, 0.15) is 63.9 Å². The summed E-state index contributed by atoms with van der Waals surface area (Å²) in [6.45, 7) is 20.2. The lowest BCUT2D eigenvalue weighted by Crippen LogP contribution is -1.81. The minimum atomic E-state index is 0.957. The molecule has 0 aliphatic heterocycles. The van der Waals surface area contributed by atoms with Crippen molar-refractivity contribution >= 4 is 43.7 Å². The van der Waals surface area contributed by atoms with Gasteiger partial charge in [0, 0.05) is 46.6 Å². The van der Waals surface area contributed by atoms with Crippen LogP contribution in [0.3, 0.4) is 0 Å².